The zero-order valence-corrected chi connectivity index (χ0v) is 20.0. The summed E-state index contributed by atoms with van der Waals surface area (Å²) in [6.07, 6.45) is 7.69. The number of carbonyl (C=O) groups is 3. The van der Waals surface area contributed by atoms with E-state index in [-0.39, 0.29) is 34.2 Å². The number of rotatable bonds is 4. The Labute approximate surface area is 199 Å². The second kappa shape index (κ2) is 7.95. The molecule has 0 aromatic heterocycles. The van der Waals surface area contributed by atoms with E-state index in [1.165, 1.54) is 36.3 Å². The van der Waals surface area contributed by atoms with E-state index in [2.05, 4.69) is 24.5 Å². The Kier molecular flexibility index (Phi) is 5.41. The van der Waals surface area contributed by atoms with Gasteiger partial charge < -0.3 is 20.6 Å². The predicted molar refractivity (Wildman–Crippen MR) is 125 cm³/mol. The number of hydrogen-bond donors (Lipinski definition) is 3. The van der Waals surface area contributed by atoms with Gasteiger partial charge >= 0.3 is 12.0 Å². The molecular weight excluding hydrogens is 437 g/mol. The fourth-order valence-corrected chi connectivity index (χ4v) is 8.28. The van der Waals surface area contributed by atoms with E-state index in [1.54, 1.807) is 0 Å². The lowest BCUT2D eigenvalue weighted by Gasteiger charge is -2.65. The van der Waals surface area contributed by atoms with Crippen molar-refractivity contribution in [2.75, 3.05) is 18.4 Å². The SMILES string of the molecule is C[C@]12CC3CC(NC(=O)Nc4ccc(C(=O)N5CCCC(C(=O)O)C5)cc4F)(C1)C[C@@](C)(C3)C2. The second-order valence-electron chi connectivity index (χ2n) is 12.1. The summed E-state index contributed by atoms with van der Waals surface area (Å²) < 4.78 is 14.9. The molecule has 1 aromatic rings. The molecule has 5 fully saturated rings. The minimum Gasteiger partial charge on any atom is -0.481 e. The number of halogens is 1. The molecule has 1 heterocycles. The summed E-state index contributed by atoms with van der Waals surface area (Å²) >= 11 is 0. The van der Waals surface area contributed by atoms with Crippen molar-refractivity contribution in [1.82, 2.24) is 10.2 Å². The van der Waals surface area contributed by atoms with Crippen LogP contribution in [0.3, 0.4) is 0 Å². The van der Waals surface area contributed by atoms with Crippen LogP contribution in [0.5, 0.6) is 0 Å². The number of amides is 3. The van der Waals surface area contributed by atoms with E-state index in [0.717, 1.165) is 25.3 Å². The lowest BCUT2D eigenvalue weighted by molar-refractivity contribution is -0.143. The van der Waals surface area contributed by atoms with Gasteiger partial charge in [-0.25, -0.2) is 9.18 Å². The Bertz CT molecular complexity index is 1020. The van der Waals surface area contributed by atoms with E-state index in [0.29, 0.717) is 25.3 Å². The van der Waals surface area contributed by atoms with E-state index < -0.39 is 29.6 Å². The molecule has 0 spiro atoms. The number of anilines is 1. The van der Waals surface area contributed by atoms with Gasteiger partial charge in [0.15, 0.2) is 0 Å². The number of carbonyl (C=O) groups excluding carboxylic acids is 2. The predicted octanol–water partition coefficient (Wildman–Crippen LogP) is 4.63. The van der Waals surface area contributed by atoms with Gasteiger partial charge in [-0.1, -0.05) is 13.8 Å². The average Bonchev–Trinajstić information content (AvgIpc) is 2.71. The number of urea groups is 1. The standard InChI is InChI=1S/C26H34FN3O4/c1-24-9-16-10-25(2,13-24)15-26(11-16,14-24)29-23(34)28-20-6-5-17(8-19(20)27)21(31)30-7-3-4-18(12-30)22(32)33/h5-6,8,16,18H,3-4,7,9-15H2,1-2H3,(H,32,33)(H2,28,29,34)/t16?,18?,24-,25+,26?. The van der Waals surface area contributed by atoms with Crippen molar-refractivity contribution >= 4 is 23.6 Å². The molecule has 6 rings (SSSR count). The minimum absolute atomic E-state index is 0.0262. The Morgan fingerprint density at radius 1 is 1.09 bits per heavy atom. The maximum atomic E-state index is 14.9. The normalized spacial score (nSPS) is 36.3. The lowest BCUT2D eigenvalue weighted by atomic mass is 9.43. The highest BCUT2D eigenvalue weighted by Crippen LogP contribution is 2.66. The largest absolute Gasteiger partial charge is 0.481 e. The quantitative estimate of drug-likeness (QED) is 0.596. The summed E-state index contributed by atoms with van der Waals surface area (Å²) in [6.45, 7) is 5.24. The topological polar surface area (TPSA) is 98.7 Å². The van der Waals surface area contributed by atoms with Crippen LogP contribution >= 0.6 is 0 Å². The van der Waals surface area contributed by atoms with Crippen LogP contribution in [0.25, 0.3) is 0 Å². The number of piperidine rings is 1. The van der Waals surface area contributed by atoms with Crippen molar-refractivity contribution < 1.29 is 23.9 Å². The molecule has 184 valence electrons. The first kappa shape index (κ1) is 23.1. The molecule has 4 bridgehead atoms. The Hall–Kier alpha value is -2.64. The first-order valence-corrected chi connectivity index (χ1v) is 12.4. The molecule has 7 nitrogen and oxygen atoms in total. The molecule has 4 saturated carbocycles. The van der Waals surface area contributed by atoms with Gasteiger partial charge in [0.05, 0.1) is 11.6 Å². The number of carboxylic acids is 1. The van der Waals surface area contributed by atoms with Crippen LogP contribution in [0, 0.1) is 28.5 Å². The van der Waals surface area contributed by atoms with Crippen molar-refractivity contribution in [2.24, 2.45) is 22.7 Å². The third-order valence-electron chi connectivity index (χ3n) is 8.53. The number of carboxylic acid groups (broad SMARTS) is 1. The van der Waals surface area contributed by atoms with Crippen LogP contribution < -0.4 is 10.6 Å². The van der Waals surface area contributed by atoms with Crippen molar-refractivity contribution in [3.05, 3.63) is 29.6 Å². The smallest absolute Gasteiger partial charge is 0.319 e. The Balaban J connectivity index is 1.25. The van der Waals surface area contributed by atoms with Gasteiger partial charge in [-0.2, -0.15) is 0 Å². The Morgan fingerprint density at radius 2 is 1.79 bits per heavy atom. The highest BCUT2D eigenvalue weighted by molar-refractivity contribution is 5.96. The fraction of sp³-hybridized carbons (Fsp3) is 0.654. The second-order valence-corrected chi connectivity index (χ2v) is 12.1. The van der Waals surface area contributed by atoms with Crippen LogP contribution in [0.15, 0.2) is 18.2 Å². The van der Waals surface area contributed by atoms with Crippen LogP contribution in [-0.4, -0.2) is 46.5 Å². The average molecular weight is 472 g/mol. The lowest BCUT2D eigenvalue weighted by Crippen LogP contribution is -2.65. The number of aliphatic carboxylic acids is 1. The summed E-state index contributed by atoms with van der Waals surface area (Å²) in [6, 6.07) is 3.60. The summed E-state index contributed by atoms with van der Waals surface area (Å²) in [4.78, 5) is 38.4. The molecule has 3 N–H and O–H groups in total. The van der Waals surface area contributed by atoms with Crippen LogP contribution in [-0.2, 0) is 4.79 Å². The van der Waals surface area contributed by atoms with E-state index in [1.807, 2.05) is 0 Å². The molecule has 5 aliphatic rings. The van der Waals surface area contributed by atoms with Crippen molar-refractivity contribution in [3.8, 4) is 0 Å². The summed E-state index contributed by atoms with van der Waals surface area (Å²) in [5.41, 5.74) is 0.439. The first-order valence-electron chi connectivity index (χ1n) is 12.4. The molecule has 5 atom stereocenters. The molecular formula is C26H34FN3O4. The zero-order valence-electron chi connectivity index (χ0n) is 20.0. The molecule has 1 saturated heterocycles. The molecule has 3 amide bonds. The summed E-state index contributed by atoms with van der Waals surface area (Å²) in [5.74, 6) is -1.96. The van der Waals surface area contributed by atoms with Gasteiger partial charge in [-0.3, -0.25) is 9.59 Å². The maximum Gasteiger partial charge on any atom is 0.319 e. The van der Waals surface area contributed by atoms with Gasteiger partial charge in [0, 0.05) is 24.2 Å². The maximum absolute atomic E-state index is 14.9. The van der Waals surface area contributed by atoms with Gasteiger partial charge in [0.2, 0.25) is 0 Å². The van der Waals surface area contributed by atoms with Gasteiger partial charge in [-0.15, -0.1) is 0 Å². The fourth-order valence-electron chi connectivity index (χ4n) is 8.28. The zero-order chi connectivity index (χ0) is 24.3. The molecule has 1 aromatic carbocycles. The van der Waals surface area contributed by atoms with E-state index >= 15 is 0 Å². The monoisotopic (exact) mass is 471 g/mol. The molecule has 3 unspecified atom stereocenters. The van der Waals surface area contributed by atoms with E-state index in [9.17, 15) is 23.9 Å². The molecule has 34 heavy (non-hydrogen) atoms. The minimum atomic E-state index is -0.920. The van der Waals surface area contributed by atoms with Crippen molar-refractivity contribution in [2.45, 2.75) is 70.8 Å². The van der Waals surface area contributed by atoms with Crippen LogP contribution in [0.4, 0.5) is 14.9 Å². The van der Waals surface area contributed by atoms with Gasteiger partial charge in [0.1, 0.15) is 5.82 Å². The third-order valence-corrected chi connectivity index (χ3v) is 8.53. The van der Waals surface area contributed by atoms with Gasteiger partial charge in [0.25, 0.3) is 5.91 Å². The van der Waals surface area contributed by atoms with Crippen LogP contribution in [0.2, 0.25) is 0 Å². The highest BCUT2D eigenvalue weighted by atomic mass is 19.1. The number of likely N-dealkylation sites (tertiary alicyclic amines) is 1. The molecule has 4 aliphatic carbocycles. The van der Waals surface area contributed by atoms with Crippen molar-refractivity contribution in [3.63, 3.8) is 0 Å². The highest BCUT2D eigenvalue weighted by Gasteiger charge is 2.60. The Morgan fingerprint density at radius 3 is 2.41 bits per heavy atom. The molecule has 8 heteroatoms. The molecule has 1 aliphatic heterocycles. The summed E-state index contributed by atoms with van der Waals surface area (Å²) in [5, 5.41) is 15.1. The number of nitrogens with zero attached hydrogens (tertiary/aromatic N) is 1. The van der Waals surface area contributed by atoms with Crippen LogP contribution in [0.1, 0.15) is 75.6 Å². The van der Waals surface area contributed by atoms with Crippen molar-refractivity contribution in [1.29, 1.82) is 0 Å². The number of hydrogen-bond acceptors (Lipinski definition) is 3. The third kappa shape index (κ3) is 4.27. The van der Waals surface area contributed by atoms with E-state index in [4.69, 9.17) is 0 Å². The first-order chi connectivity index (χ1) is 16.0. The number of nitrogens with one attached hydrogen (secondary N) is 2. The summed E-state index contributed by atoms with van der Waals surface area (Å²) in [7, 11) is 0. The number of benzene rings is 1. The van der Waals surface area contributed by atoms with Gasteiger partial charge in [-0.05, 0) is 86.3 Å². The molecule has 0 radical (unpaired) electrons.